The average molecular weight is 375 g/mol. The lowest BCUT2D eigenvalue weighted by Gasteiger charge is -2.15. The molecule has 5 heteroatoms. The highest BCUT2D eigenvalue weighted by Crippen LogP contribution is 2.28. The Hall–Kier alpha value is -2.92. The molecule has 0 bridgehead atoms. The Balaban J connectivity index is 1.41. The van der Waals surface area contributed by atoms with Gasteiger partial charge < -0.3 is 10.5 Å². The smallest absolute Gasteiger partial charge is 0.231 e. The van der Waals surface area contributed by atoms with E-state index in [9.17, 15) is 4.79 Å². The molecular formula is C23H25N3O2. The molecule has 1 atom stereocenters. The third kappa shape index (κ3) is 4.15. The van der Waals surface area contributed by atoms with Gasteiger partial charge in [-0.05, 0) is 55.6 Å². The van der Waals surface area contributed by atoms with Crippen LogP contribution in [0.4, 0.5) is 0 Å². The number of primary amides is 1. The van der Waals surface area contributed by atoms with Gasteiger partial charge in [-0.3, -0.25) is 14.7 Å². The molecule has 28 heavy (non-hydrogen) atoms. The highest BCUT2D eigenvalue weighted by Gasteiger charge is 2.24. The Labute approximate surface area is 165 Å². The van der Waals surface area contributed by atoms with E-state index < -0.39 is 0 Å². The van der Waals surface area contributed by atoms with Crippen molar-refractivity contribution in [3.63, 3.8) is 0 Å². The fourth-order valence-corrected chi connectivity index (χ4v) is 3.98. The summed E-state index contributed by atoms with van der Waals surface area (Å²) in [6, 6.07) is 18.6. The third-order valence-corrected chi connectivity index (χ3v) is 5.33. The minimum absolute atomic E-state index is 0.261. The van der Waals surface area contributed by atoms with Gasteiger partial charge in [-0.25, -0.2) is 0 Å². The van der Waals surface area contributed by atoms with Gasteiger partial charge in [0.15, 0.2) is 0 Å². The van der Waals surface area contributed by atoms with E-state index >= 15 is 0 Å². The first-order valence-corrected chi connectivity index (χ1v) is 9.67. The number of carbonyl (C=O) groups is 1. The summed E-state index contributed by atoms with van der Waals surface area (Å²) in [5, 5.41) is 1.13. The zero-order chi connectivity index (χ0) is 19.5. The number of para-hydroxylation sites is 1. The van der Waals surface area contributed by atoms with Gasteiger partial charge in [0.2, 0.25) is 5.91 Å². The van der Waals surface area contributed by atoms with Crippen LogP contribution in [-0.2, 0) is 11.4 Å². The molecule has 1 fully saturated rings. The Morgan fingerprint density at radius 2 is 2.00 bits per heavy atom. The zero-order valence-corrected chi connectivity index (χ0v) is 16.1. The van der Waals surface area contributed by atoms with Gasteiger partial charge in [0.05, 0.1) is 12.1 Å². The summed E-state index contributed by atoms with van der Waals surface area (Å²) in [5.41, 5.74) is 9.72. The number of rotatable bonds is 6. The van der Waals surface area contributed by atoms with Gasteiger partial charge >= 0.3 is 0 Å². The number of nitrogens with two attached hydrogens (primary N) is 1. The number of carbonyl (C=O) groups excluding carboxylic acids is 1. The molecule has 1 aliphatic heterocycles. The summed E-state index contributed by atoms with van der Waals surface area (Å²) in [6.45, 7) is 4.66. The zero-order valence-electron chi connectivity index (χ0n) is 16.1. The normalized spacial score (nSPS) is 17.1. The number of aromatic nitrogens is 1. The summed E-state index contributed by atoms with van der Waals surface area (Å²) >= 11 is 0. The SMILES string of the molecule is Cc1cc(COc2ccc(C3CCN(CC(N)=O)C3)cc2)c2ccccc2n1. The topological polar surface area (TPSA) is 68.5 Å². The first kappa shape index (κ1) is 18.4. The first-order valence-electron chi connectivity index (χ1n) is 9.67. The molecule has 4 rings (SSSR count). The molecule has 0 spiro atoms. The lowest BCUT2D eigenvalue weighted by Crippen LogP contribution is -2.31. The molecule has 1 unspecified atom stereocenters. The molecule has 1 amide bonds. The quantitative estimate of drug-likeness (QED) is 0.717. The second kappa shape index (κ2) is 7.98. The molecule has 2 N–H and O–H groups in total. The van der Waals surface area contributed by atoms with Crippen molar-refractivity contribution in [2.24, 2.45) is 5.73 Å². The highest BCUT2D eigenvalue weighted by atomic mass is 16.5. The van der Waals surface area contributed by atoms with Crippen molar-refractivity contribution in [3.8, 4) is 5.75 Å². The van der Waals surface area contributed by atoms with Crippen LogP contribution in [0.3, 0.4) is 0 Å². The van der Waals surface area contributed by atoms with Crippen LogP contribution in [0.25, 0.3) is 10.9 Å². The van der Waals surface area contributed by atoms with Crippen LogP contribution in [-0.4, -0.2) is 35.4 Å². The fourth-order valence-electron chi connectivity index (χ4n) is 3.98. The summed E-state index contributed by atoms with van der Waals surface area (Å²) < 4.78 is 6.05. The van der Waals surface area contributed by atoms with Gasteiger partial charge in [-0.2, -0.15) is 0 Å². The number of ether oxygens (including phenoxy) is 1. The van der Waals surface area contributed by atoms with Crippen molar-refractivity contribution in [2.45, 2.75) is 25.9 Å². The number of benzene rings is 2. The molecule has 5 nitrogen and oxygen atoms in total. The molecule has 0 radical (unpaired) electrons. The predicted octanol–water partition coefficient (Wildman–Crippen LogP) is 3.40. The number of fused-ring (bicyclic) bond motifs is 1. The molecule has 2 aromatic carbocycles. The van der Waals surface area contributed by atoms with Crippen LogP contribution < -0.4 is 10.5 Å². The van der Waals surface area contributed by atoms with Gasteiger partial charge in [0, 0.05) is 23.2 Å². The average Bonchev–Trinajstić information content (AvgIpc) is 3.14. The number of nitrogens with zero attached hydrogens (tertiary/aromatic N) is 2. The Morgan fingerprint density at radius 3 is 2.79 bits per heavy atom. The lowest BCUT2D eigenvalue weighted by molar-refractivity contribution is -0.118. The molecule has 0 saturated carbocycles. The summed E-state index contributed by atoms with van der Waals surface area (Å²) in [4.78, 5) is 17.8. The number of hydrogen-bond acceptors (Lipinski definition) is 4. The minimum Gasteiger partial charge on any atom is -0.489 e. The van der Waals surface area contributed by atoms with Crippen LogP contribution in [0.2, 0.25) is 0 Å². The van der Waals surface area contributed by atoms with Crippen LogP contribution in [0.1, 0.15) is 29.2 Å². The van der Waals surface area contributed by atoms with E-state index in [0.717, 1.165) is 47.4 Å². The maximum absolute atomic E-state index is 11.1. The third-order valence-electron chi connectivity index (χ3n) is 5.33. The van der Waals surface area contributed by atoms with E-state index in [0.29, 0.717) is 19.1 Å². The van der Waals surface area contributed by atoms with Crippen molar-refractivity contribution in [1.29, 1.82) is 0 Å². The van der Waals surface area contributed by atoms with Crippen LogP contribution in [0, 0.1) is 6.92 Å². The molecule has 0 aliphatic carbocycles. The molecule has 1 aliphatic rings. The minimum atomic E-state index is -0.261. The highest BCUT2D eigenvalue weighted by molar-refractivity contribution is 5.82. The fraction of sp³-hybridized carbons (Fsp3) is 0.304. The maximum Gasteiger partial charge on any atom is 0.231 e. The number of hydrogen-bond donors (Lipinski definition) is 1. The number of likely N-dealkylation sites (tertiary alicyclic amines) is 1. The largest absolute Gasteiger partial charge is 0.489 e. The number of amides is 1. The molecule has 3 aromatic rings. The van der Waals surface area contributed by atoms with Crippen LogP contribution in [0.5, 0.6) is 5.75 Å². The van der Waals surface area contributed by atoms with Crippen molar-refractivity contribution < 1.29 is 9.53 Å². The lowest BCUT2D eigenvalue weighted by atomic mass is 9.98. The van der Waals surface area contributed by atoms with Gasteiger partial charge in [-0.15, -0.1) is 0 Å². The molecule has 2 heterocycles. The van der Waals surface area contributed by atoms with E-state index in [-0.39, 0.29) is 5.91 Å². The van der Waals surface area contributed by atoms with Gasteiger partial charge in [-0.1, -0.05) is 30.3 Å². The Morgan fingerprint density at radius 1 is 1.21 bits per heavy atom. The second-order valence-electron chi connectivity index (χ2n) is 7.48. The standard InChI is InChI=1S/C23H25N3O2/c1-16-12-19(21-4-2-3-5-22(21)25-16)15-28-20-8-6-17(7-9-20)18-10-11-26(13-18)14-23(24)27/h2-9,12,18H,10-11,13-15H2,1H3,(H2,24,27). The predicted molar refractivity (Wildman–Crippen MR) is 110 cm³/mol. The van der Waals surface area contributed by atoms with Crippen molar-refractivity contribution in [1.82, 2.24) is 9.88 Å². The second-order valence-corrected chi connectivity index (χ2v) is 7.48. The van der Waals surface area contributed by atoms with Crippen molar-refractivity contribution in [2.75, 3.05) is 19.6 Å². The number of pyridine rings is 1. The van der Waals surface area contributed by atoms with E-state index in [4.69, 9.17) is 10.5 Å². The molecule has 1 saturated heterocycles. The Kier molecular flexibility index (Phi) is 5.26. The number of aryl methyl sites for hydroxylation is 1. The van der Waals surface area contributed by atoms with E-state index in [1.54, 1.807) is 0 Å². The molecular weight excluding hydrogens is 350 g/mol. The van der Waals surface area contributed by atoms with Gasteiger partial charge in [0.1, 0.15) is 12.4 Å². The monoisotopic (exact) mass is 375 g/mol. The van der Waals surface area contributed by atoms with E-state index in [1.807, 2.05) is 37.3 Å². The van der Waals surface area contributed by atoms with Crippen molar-refractivity contribution in [3.05, 3.63) is 71.4 Å². The molecule has 144 valence electrons. The maximum atomic E-state index is 11.1. The van der Waals surface area contributed by atoms with Crippen molar-refractivity contribution >= 4 is 16.8 Å². The Bertz CT molecular complexity index is 985. The van der Waals surface area contributed by atoms with Crippen LogP contribution >= 0.6 is 0 Å². The summed E-state index contributed by atoms with van der Waals surface area (Å²) in [6.07, 6.45) is 1.05. The summed E-state index contributed by atoms with van der Waals surface area (Å²) in [5.74, 6) is 1.04. The van der Waals surface area contributed by atoms with Gasteiger partial charge in [0.25, 0.3) is 0 Å². The van der Waals surface area contributed by atoms with E-state index in [2.05, 4.69) is 34.1 Å². The summed E-state index contributed by atoms with van der Waals surface area (Å²) in [7, 11) is 0. The first-order chi connectivity index (χ1) is 13.6. The van der Waals surface area contributed by atoms with Crippen LogP contribution in [0.15, 0.2) is 54.6 Å². The van der Waals surface area contributed by atoms with E-state index in [1.165, 1.54) is 5.56 Å². The molecule has 1 aromatic heterocycles.